The molecule has 0 saturated heterocycles. The molecule has 2 aromatic carbocycles. The highest BCUT2D eigenvalue weighted by Gasteiger charge is 2.33. The third-order valence-corrected chi connectivity index (χ3v) is 3.32. The largest absolute Gasteiger partial charge is 0.418 e. The Balaban J connectivity index is 2.46. The van der Waals surface area contributed by atoms with Crippen LogP contribution in [0.3, 0.4) is 0 Å². The Labute approximate surface area is 122 Å². The Morgan fingerprint density at radius 2 is 1.48 bits per heavy atom. The van der Waals surface area contributed by atoms with Gasteiger partial charge in [0, 0.05) is 24.1 Å². The van der Waals surface area contributed by atoms with Gasteiger partial charge in [0.1, 0.15) is 0 Å². The summed E-state index contributed by atoms with van der Waals surface area (Å²) >= 11 is 0. The lowest BCUT2D eigenvalue weighted by Crippen LogP contribution is -2.14. The van der Waals surface area contributed by atoms with E-state index in [0.717, 1.165) is 22.9 Å². The smallest absolute Gasteiger partial charge is 0.398 e. The molecule has 0 fully saturated rings. The van der Waals surface area contributed by atoms with Crippen molar-refractivity contribution in [3.8, 4) is 0 Å². The summed E-state index contributed by atoms with van der Waals surface area (Å²) in [5.74, 6) is 0. The van der Waals surface area contributed by atoms with Crippen LogP contribution in [-0.2, 0) is 6.18 Å². The highest BCUT2D eigenvalue weighted by Crippen LogP contribution is 2.37. The van der Waals surface area contributed by atoms with E-state index in [1.54, 1.807) is 18.0 Å². The summed E-state index contributed by atoms with van der Waals surface area (Å²) < 4.78 is 38.8. The molecule has 2 aromatic rings. The van der Waals surface area contributed by atoms with Gasteiger partial charge in [0.05, 0.1) is 5.56 Å². The van der Waals surface area contributed by atoms with Crippen LogP contribution in [-0.4, -0.2) is 7.05 Å². The number of nitrogen functional groups attached to an aromatic ring is 1. The number of hydrogen-bond acceptors (Lipinski definition) is 2. The lowest BCUT2D eigenvalue weighted by molar-refractivity contribution is -0.136. The number of hydrogen-bond donors (Lipinski definition) is 1. The van der Waals surface area contributed by atoms with Crippen LogP contribution in [0.4, 0.5) is 30.2 Å². The van der Waals surface area contributed by atoms with Gasteiger partial charge in [-0.1, -0.05) is 6.07 Å². The van der Waals surface area contributed by atoms with Crippen molar-refractivity contribution in [2.75, 3.05) is 17.7 Å². The van der Waals surface area contributed by atoms with Crippen molar-refractivity contribution in [3.05, 3.63) is 53.1 Å². The van der Waals surface area contributed by atoms with E-state index in [1.807, 2.05) is 32.0 Å². The maximum atomic E-state index is 12.9. The van der Waals surface area contributed by atoms with Crippen molar-refractivity contribution in [2.24, 2.45) is 0 Å². The molecule has 112 valence electrons. The summed E-state index contributed by atoms with van der Waals surface area (Å²) in [6.07, 6.45) is -4.45. The first-order chi connectivity index (χ1) is 9.68. The van der Waals surface area contributed by atoms with E-state index in [0.29, 0.717) is 5.69 Å². The van der Waals surface area contributed by atoms with Crippen LogP contribution in [0.15, 0.2) is 36.4 Å². The second-order valence-corrected chi connectivity index (χ2v) is 5.17. The van der Waals surface area contributed by atoms with E-state index in [-0.39, 0.29) is 5.69 Å². The molecule has 0 amide bonds. The molecule has 0 radical (unpaired) electrons. The van der Waals surface area contributed by atoms with Crippen molar-refractivity contribution in [1.29, 1.82) is 0 Å². The average molecular weight is 294 g/mol. The monoisotopic (exact) mass is 294 g/mol. The Morgan fingerprint density at radius 1 is 0.905 bits per heavy atom. The lowest BCUT2D eigenvalue weighted by atomic mass is 10.1. The Bertz CT molecular complexity index is 643. The first kappa shape index (κ1) is 15.2. The van der Waals surface area contributed by atoms with Crippen molar-refractivity contribution in [3.63, 3.8) is 0 Å². The predicted octanol–water partition coefficient (Wildman–Crippen LogP) is 4.67. The molecule has 21 heavy (non-hydrogen) atoms. The van der Waals surface area contributed by atoms with Crippen LogP contribution in [0.5, 0.6) is 0 Å². The quantitative estimate of drug-likeness (QED) is 0.815. The third kappa shape index (κ3) is 3.29. The SMILES string of the molecule is Cc1cc(C)cc(N(C)c2ccc(N)c(C(F)(F)F)c2)c1. The summed E-state index contributed by atoms with van der Waals surface area (Å²) in [5, 5.41) is 0. The van der Waals surface area contributed by atoms with E-state index in [2.05, 4.69) is 0 Å². The highest BCUT2D eigenvalue weighted by atomic mass is 19.4. The van der Waals surface area contributed by atoms with Gasteiger partial charge in [-0.3, -0.25) is 0 Å². The number of benzene rings is 2. The van der Waals surface area contributed by atoms with Crippen LogP contribution < -0.4 is 10.6 Å². The molecule has 0 atom stereocenters. The molecular formula is C16H17F3N2. The standard InChI is InChI=1S/C16H17F3N2/c1-10-6-11(2)8-13(7-10)21(3)12-4-5-15(20)14(9-12)16(17,18)19/h4-9H,20H2,1-3H3. The summed E-state index contributed by atoms with van der Waals surface area (Å²) in [6.45, 7) is 3.91. The third-order valence-electron chi connectivity index (χ3n) is 3.32. The van der Waals surface area contributed by atoms with E-state index in [4.69, 9.17) is 5.73 Å². The van der Waals surface area contributed by atoms with E-state index < -0.39 is 11.7 Å². The van der Waals surface area contributed by atoms with Crippen molar-refractivity contribution in [1.82, 2.24) is 0 Å². The fraction of sp³-hybridized carbons (Fsp3) is 0.250. The highest BCUT2D eigenvalue weighted by molar-refractivity contribution is 5.67. The Kier molecular flexibility index (Phi) is 3.85. The molecule has 2 rings (SSSR count). The van der Waals surface area contributed by atoms with Gasteiger partial charge in [0.2, 0.25) is 0 Å². The fourth-order valence-corrected chi connectivity index (χ4v) is 2.29. The minimum atomic E-state index is -4.45. The molecule has 0 aliphatic rings. The van der Waals surface area contributed by atoms with Crippen molar-refractivity contribution in [2.45, 2.75) is 20.0 Å². The second-order valence-electron chi connectivity index (χ2n) is 5.17. The van der Waals surface area contributed by atoms with Gasteiger partial charge in [0.15, 0.2) is 0 Å². The van der Waals surface area contributed by atoms with Gasteiger partial charge in [-0.15, -0.1) is 0 Å². The average Bonchev–Trinajstić information content (AvgIpc) is 2.36. The molecule has 0 unspecified atom stereocenters. The zero-order valence-corrected chi connectivity index (χ0v) is 12.1. The summed E-state index contributed by atoms with van der Waals surface area (Å²) in [6, 6.07) is 9.82. The number of nitrogens with zero attached hydrogens (tertiary/aromatic N) is 1. The maximum absolute atomic E-state index is 12.9. The van der Waals surface area contributed by atoms with Gasteiger partial charge >= 0.3 is 6.18 Å². The number of nitrogens with two attached hydrogens (primary N) is 1. The molecule has 0 bridgehead atoms. The van der Waals surface area contributed by atoms with Crippen molar-refractivity contribution >= 4 is 17.1 Å². The molecule has 0 heterocycles. The van der Waals surface area contributed by atoms with E-state index >= 15 is 0 Å². The van der Waals surface area contributed by atoms with Crippen LogP contribution in [0.2, 0.25) is 0 Å². The second kappa shape index (κ2) is 5.31. The molecule has 0 aliphatic carbocycles. The van der Waals surface area contributed by atoms with E-state index in [1.165, 1.54) is 6.07 Å². The molecule has 0 saturated carbocycles. The molecule has 0 spiro atoms. The number of rotatable bonds is 2. The fourth-order valence-electron chi connectivity index (χ4n) is 2.29. The van der Waals surface area contributed by atoms with Gasteiger partial charge in [-0.05, 0) is 55.3 Å². The number of anilines is 3. The van der Waals surface area contributed by atoms with Gasteiger partial charge < -0.3 is 10.6 Å². The molecular weight excluding hydrogens is 277 g/mol. The van der Waals surface area contributed by atoms with E-state index in [9.17, 15) is 13.2 Å². The minimum absolute atomic E-state index is 0.264. The first-order valence-corrected chi connectivity index (χ1v) is 6.47. The van der Waals surface area contributed by atoms with Crippen LogP contribution >= 0.6 is 0 Å². The first-order valence-electron chi connectivity index (χ1n) is 6.47. The molecule has 2 nitrogen and oxygen atoms in total. The summed E-state index contributed by atoms with van der Waals surface area (Å²) in [7, 11) is 1.74. The summed E-state index contributed by atoms with van der Waals surface area (Å²) in [5.41, 5.74) is 7.75. The zero-order valence-electron chi connectivity index (χ0n) is 12.1. The topological polar surface area (TPSA) is 29.3 Å². The predicted molar refractivity (Wildman–Crippen MR) is 79.8 cm³/mol. The van der Waals surface area contributed by atoms with Gasteiger partial charge in [-0.25, -0.2) is 0 Å². The normalized spacial score (nSPS) is 11.5. The maximum Gasteiger partial charge on any atom is 0.418 e. The lowest BCUT2D eigenvalue weighted by Gasteiger charge is -2.22. The molecule has 0 aromatic heterocycles. The van der Waals surface area contributed by atoms with Crippen LogP contribution in [0.1, 0.15) is 16.7 Å². The van der Waals surface area contributed by atoms with Crippen molar-refractivity contribution < 1.29 is 13.2 Å². The Hall–Kier alpha value is -2.17. The zero-order chi connectivity index (χ0) is 15.8. The molecule has 5 heteroatoms. The van der Waals surface area contributed by atoms with Crippen LogP contribution in [0.25, 0.3) is 0 Å². The summed E-state index contributed by atoms with van der Waals surface area (Å²) in [4.78, 5) is 1.72. The minimum Gasteiger partial charge on any atom is -0.398 e. The van der Waals surface area contributed by atoms with Gasteiger partial charge in [-0.2, -0.15) is 13.2 Å². The molecule has 2 N–H and O–H groups in total. The number of aryl methyl sites for hydroxylation is 2. The van der Waals surface area contributed by atoms with Gasteiger partial charge in [0.25, 0.3) is 0 Å². The number of halogens is 3. The number of alkyl halides is 3. The molecule has 0 aliphatic heterocycles. The Morgan fingerprint density at radius 3 is 2.00 bits per heavy atom. The van der Waals surface area contributed by atoms with Crippen LogP contribution in [0, 0.1) is 13.8 Å².